The Kier molecular flexibility index (Phi) is 10.0. The molecule has 4 aliphatic carbocycles. The second-order valence-electron chi connectivity index (χ2n) is 16.2. The molecule has 0 aromatic heterocycles. The van der Waals surface area contributed by atoms with Gasteiger partial charge in [-0.1, -0.05) is 6.92 Å². The van der Waals surface area contributed by atoms with E-state index >= 15 is 0 Å². The van der Waals surface area contributed by atoms with Crippen LogP contribution in [0.1, 0.15) is 64.7 Å². The Morgan fingerprint density at radius 1 is 0.804 bits per heavy atom. The highest BCUT2D eigenvalue weighted by atomic mass is 16.7. The lowest BCUT2D eigenvalue weighted by atomic mass is 9.41. The molecule has 0 radical (unpaired) electrons. The number of esters is 1. The quantitative estimate of drug-likeness (QED) is 0.0714. The summed E-state index contributed by atoms with van der Waals surface area (Å²) in [4.78, 5) is 25.1. The maximum Gasteiger partial charge on any atom is 0.331 e. The fourth-order valence-electron chi connectivity index (χ4n) is 11.3. The fourth-order valence-corrected chi connectivity index (χ4v) is 11.3. The molecule has 7 aliphatic rings. The van der Waals surface area contributed by atoms with Crippen LogP contribution in [0, 0.1) is 28.6 Å². The molecule has 16 nitrogen and oxygen atoms in total. The molecule has 2 saturated heterocycles. The van der Waals surface area contributed by atoms with Crippen LogP contribution in [0.3, 0.4) is 0 Å². The van der Waals surface area contributed by atoms with Gasteiger partial charge in [-0.05, 0) is 74.7 Å². The number of aliphatic hydroxyl groups excluding tert-OH is 7. The largest absolute Gasteiger partial charge is 0.458 e. The van der Waals surface area contributed by atoms with Crippen molar-refractivity contribution in [3.05, 3.63) is 11.6 Å². The Hall–Kier alpha value is -1.64. The van der Waals surface area contributed by atoms with Crippen molar-refractivity contribution in [2.75, 3.05) is 19.8 Å². The Balaban J connectivity index is 1.03. The van der Waals surface area contributed by atoms with Gasteiger partial charge in [0.15, 0.2) is 12.6 Å². The molecule has 4 saturated carbocycles. The third-order valence-electron chi connectivity index (χ3n) is 14.1. The number of hydrogen-bond acceptors (Lipinski definition) is 16. The van der Waals surface area contributed by atoms with Gasteiger partial charge in [0.25, 0.3) is 0 Å². The summed E-state index contributed by atoms with van der Waals surface area (Å²) in [5, 5.41) is 97.2. The van der Waals surface area contributed by atoms with Crippen molar-refractivity contribution in [2.45, 2.75) is 143 Å². The molecule has 18 unspecified atom stereocenters. The van der Waals surface area contributed by atoms with Gasteiger partial charge in [-0.3, -0.25) is 0 Å². The molecule has 16 heteroatoms. The van der Waals surface area contributed by atoms with Gasteiger partial charge in [-0.2, -0.15) is 0 Å². The first-order valence-electron chi connectivity index (χ1n) is 18.2. The lowest BCUT2D eigenvalue weighted by Crippen LogP contribution is -2.69. The minimum absolute atomic E-state index is 0.0192. The Bertz CT molecular complexity index is 1360. The van der Waals surface area contributed by atoms with Crippen molar-refractivity contribution in [1.82, 2.24) is 0 Å². The summed E-state index contributed by atoms with van der Waals surface area (Å²) < 4.78 is 28.2. The molecular formula is C35H52O16. The monoisotopic (exact) mass is 728 g/mol. The molecule has 18 atom stereocenters. The van der Waals surface area contributed by atoms with E-state index in [1.807, 2.05) is 0 Å². The molecule has 0 bridgehead atoms. The number of carbonyl (C=O) groups excluding carboxylic acids is 2. The number of cyclic esters (lactones) is 1. The van der Waals surface area contributed by atoms with Crippen molar-refractivity contribution < 1.29 is 79.2 Å². The minimum Gasteiger partial charge on any atom is -0.458 e. The Morgan fingerprint density at radius 3 is 2.14 bits per heavy atom. The van der Waals surface area contributed by atoms with E-state index in [2.05, 4.69) is 6.92 Å². The molecule has 7 rings (SSSR count). The van der Waals surface area contributed by atoms with Gasteiger partial charge < -0.3 is 74.4 Å². The number of aldehydes is 1. The fraction of sp³-hybridized carbons (Fsp3) is 0.886. The van der Waals surface area contributed by atoms with Gasteiger partial charge in [0.05, 0.1) is 35.9 Å². The van der Waals surface area contributed by atoms with Crippen molar-refractivity contribution in [1.29, 1.82) is 0 Å². The van der Waals surface area contributed by atoms with E-state index in [0.717, 1.165) is 11.9 Å². The highest BCUT2D eigenvalue weighted by molar-refractivity contribution is 5.85. The highest BCUT2D eigenvalue weighted by Gasteiger charge is 2.71. The summed E-state index contributed by atoms with van der Waals surface area (Å²) in [7, 11) is 0. The zero-order chi connectivity index (χ0) is 36.7. The van der Waals surface area contributed by atoms with Crippen LogP contribution in [0.15, 0.2) is 11.6 Å². The summed E-state index contributed by atoms with van der Waals surface area (Å²) in [6.45, 7) is 0.868. The zero-order valence-electron chi connectivity index (χ0n) is 28.6. The van der Waals surface area contributed by atoms with E-state index in [1.54, 1.807) is 6.08 Å². The SMILES string of the molecule is CC12CCC3C(CCC4(O)CC(OC5OC(CO)C(OC6OC(CO)C(O)C(O)C6O)C(O)C5O)CCC34C=O)C1(O)CCC2C1=CC(=O)OC1. The molecule has 3 aliphatic heterocycles. The average Bonchev–Trinajstić information content (AvgIpc) is 3.66. The number of fused-ring (bicyclic) bond motifs is 5. The van der Waals surface area contributed by atoms with Crippen LogP contribution in [-0.2, 0) is 33.3 Å². The lowest BCUT2D eigenvalue weighted by Gasteiger charge is -2.65. The number of rotatable bonds is 8. The van der Waals surface area contributed by atoms with Crippen LogP contribution in [0.2, 0.25) is 0 Å². The maximum absolute atomic E-state index is 13.2. The van der Waals surface area contributed by atoms with E-state index in [1.165, 1.54) is 0 Å². The Labute approximate surface area is 294 Å². The molecule has 0 aromatic carbocycles. The van der Waals surface area contributed by atoms with E-state index < -0.39 is 103 Å². The number of ether oxygens (including phenoxy) is 5. The maximum atomic E-state index is 13.2. The van der Waals surface area contributed by atoms with Gasteiger partial charge in [0, 0.05) is 17.9 Å². The van der Waals surface area contributed by atoms with E-state index in [4.69, 9.17) is 23.7 Å². The smallest absolute Gasteiger partial charge is 0.331 e. The first-order chi connectivity index (χ1) is 24.2. The van der Waals surface area contributed by atoms with Crippen molar-refractivity contribution in [3.8, 4) is 0 Å². The van der Waals surface area contributed by atoms with Crippen molar-refractivity contribution >= 4 is 12.3 Å². The Morgan fingerprint density at radius 2 is 1.47 bits per heavy atom. The summed E-state index contributed by atoms with van der Waals surface area (Å²) in [5.41, 5.74) is -3.35. The topological polar surface area (TPSA) is 262 Å². The number of carbonyl (C=O) groups is 2. The minimum atomic E-state index is -1.80. The highest BCUT2D eigenvalue weighted by Crippen LogP contribution is 2.70. The van der Waals surface area contributed by atoms with Gasteiger partial charge in [-0.25, -0.2) is 4.79 Å². The van der Waals surface area contributed by atoms with E-state index in [9.17, 15) is 55.5 Å². The van der Waals surface area contributed by atoms with Gasteiger partial charge >= 0.3 is 5.97 Å². The lowest BCUT2D eigenvalue weighted by molar-refractivity contribution is -0.365. The van der Waals surface area contributed by atoms with Gasteiger partial charge in [-0.15, -0.1) is 0 Å². The van der Waals surface area contributed by atoms with E-state index in [0.29, 0.717) is 38.5 Å². The summed E-state index contributed by atoms with van der Waals surface area (Å²) in [6.07, 6.45) is -10.5. The molecule has 3 heterocycles. The van der Waals surface area contributed by atoms with Crippen LogP contribution in [0.5, 0.6) is 0 Å². The standard InChI is InChI=1S/C35H52O16/c1-32-6-3-19-20(35(32,46)9-5-18(32)16-10-23(39)47-14-16)4-8-34(45)11-17(2-7-33(19,34)15-38)48-30-28(44)26(42)29(22(13-37)50-30)51-31-27(43)25(41)24(40)21(12-36)49-31/h10,15,17-22,24-31,36-37,40-46H,2-9,11-14H2,1H3. The molecule has 0 amide bonds. The third-order valence-corrected chi connectivity index (χ3v) is 14.1. The molecule has 0 aromatic rings. The summed E-state index contributed by atoms with van der Waals surface area (Å²) >= 11 is 0. The van der Waals surface area contributed by atoms with Crippen LogP contribution in [0.25, 0.3) is 0 Å². The van der Waals surface area contributed by atoms with Gasteiger partial charge in [0.1, 0.15) is 61.7 Å². The van der Waals surface area contributed by atoms with Crippen LogP contribution in [-0.4, -0.2) is 157 Å². The first-order valence-corrected chi connectivity index (χ1v) is 18.2. The average molecular weight is 729 g/mol. The number of aliphatic hydroxyl groups is 9. The van der Waals surface area contributed by atoms with Gasteiger partial charge in [0.2, 0.25) is 0 Å². The molecular weight excluding hydrogens is 676 g/mol. The van der Waals surface area contributed by atoms with E-state index in [-0.39, 0.29) is 49.6 Å². The molecule has 0 spiro atoms. The predicted molar refractivity (Wildman–Crippen MR) is 169 cm³/mol. The first kappa shape index (κ1) is 37.7. The van der Waals surface area contributed by atoms with Crippen molar-refractivity contribution in [3.63, 3.8) is 0 Å². The van der Waals surface area contributed by atoms with Crippen LogP contribution < -0.4 is 0 Å². The zero-order valence-corrected chi connectivity index (χ0v) is 28.6. The molecule has 288 valence electrons. The van der Waals surface area contributed by atoms with Crippen LogP contribution in [0.4, 0.5) is 0 Å². The molecule has 51 heavy (non-hydrogen) atoms. The van der Waals surface area contributed by atoms with Crippen molar-refractivity contribution in [2.24, 2.45) is 28.6 Å². The second kappa shape index (κ2) is 13.6. The second-order valence-corrected chi connectivity index (χ2v) is 16.2. The predicted octanol–water partition coefficient (Wildman–Crippen LogP) is -2.45. The molecule has 6 fully saturated rings. The number of hydrogen-bond donors (Lipinski definition) is 9. The third kappa shape index (κ3) is 5.67. The summed E-state index contributed by atoms with van der Waals surface area (Å²) in [6, 6.07) is 0. The van der Waals surface area contributed by atoms with Crippen LogP contribution >= 0.6 is 0 Å². The summed E-state index contributed by atoms with van der Waals surface area (Å²) in [5.74, 6) is -0.922. The normalized spacial score (nSPS) is 54.2. The molecule has 9 N–H and O–H groups in total.